The zero-order valence-corrected chi connectivity index (χ0v) is 10.3. The van der Waals surface area contributed by atoms with Gasteiger partial charge in [-0.2, -0.15) is 0 Å². The third-order valence-electron chi connectivity index (χ3n) is 3.18. The molecule has 1 atom stereocenters. The molecule has 0 heterocycles. The second kappa shape index (κ2) is 4.80. The molecule has 1 aliphatic rings. The van der Waals surface area contributed by atoms with Crippen LogP contribution in [0.5, 0.6) is 0 Å². The van der Waals surface area contributed by atoms with E-state index in [2.05, 4.69) is 15.9 Å². The molecule has 0 aromatic heterocycles. The summed E-state index contributed by atoms with van der Waals surface area (Å²) >= 11 is 2.91. The molecule has 0 spiro atoms. The molecule has 1 aliphatic carbocycles. The predicted molar refractivity (Wildman–Crippen MR) is 61.0 cm³/mol. The maximum Gasteiger partial charge on any atom is 0.137 e. The molecule has 1 unspecified atom stereocenters. The first-order valence-electron chi connectivity index (χ1n) is 5.40. The smallest absolute Gasteiger partial charge is 0.137 e. The molecule has 0 bridgehead atoms. The molecular weight excluding hydrogens is 278 g/mol. The van der Waals surface area contributed by atoms with E-state index in [9.17, 15) is 13.9 Å². The maximum absolute atomic E-state index is 13.5. The van der Waals surface area contributed by atoms with Crippen LogP contribution >= 0.6 is 15.9 Å². The zero-order chi connectivity index (χ0) is 11.7. The van der Waals surface area contributed by atoms with Crippen molar-refractivity contribution in [3.8, 4) is 0 Å². The molecule has 1 nitrogen and oxygen atoms in total. The lowest BCUT2D eigenvalue weighted by Gasteiger charge is -2.27. The van der Waals surface area contributed by atoms with Crippen molar-refractivity contribution in [2.45, 2.75) is 31.8 Å². The van der Waals surface area contributed by atoms with Gasteiger partial charge >= 0.3 is 0 Å². The van der Waals surface area contributed by atoms with Crippen molar-refractivity contribution in [1.82, 2.24) is 0 Å². The molecule has 2 rings (SSSR count). The Morgan fingerprint density at radius 1 is 1.31 bits per heavy atom. The zero-order valence-electron chi connectivity index (χ0n) is 8.72. The molecule has 0 saturated heterocycles. The lowest BCUT2D eigenvalue weighted by atomic mass is 9.80. The Labute approximate surface area is 102 Å². The molecule has 4 heteroatoms. The highest BCUT2D eigenvalue weighted by Crippen LogP contribution is 2.36. The Morgan fingerprint density at radius 3 is 2.56 bits per heavy atom. The van der Waals surface area contributed by atoms with Crippen LogP contribution in [0.2, 0.25) is 0 Å². The van der Waals surface area contributed by atoms with Gasteiger partial charge in [0, 0.05) is 5.56 Å². The molecule has 1 saturated carbocycles. The third-order valence-corrected chi connectivity index (χ3v) is 3.79. The Kier molecular flexibility index (Phi) is 3.60. The van der Waals surface area contributed by atoms with E-state index in [0.717, 1.165) is 25.0 Å². The monoisotopic (exact) mass is 290 g/mol. The number of hydrogen-bond acceptors (Lipinski definition) is 1. The Morgan fingerprint density at radius 2 is 2.00 bits per heavy atom. The number of hydrogen-bond donors (Lipinski definition) is 1. The summed E-state index contributed by atoms with van der Waals surface area (Å²) in [6.45, 7) is 0. The van der Waals surface area contributed by atoms with Gasteiger partial charge in [0.15, 0.2) is 0 Å². The number of benzene rings is 1. The summed E-state index contributed by atoms with van der Waals surface area (Å²) in [5.74, 6) is -0.634. The number of halogens is 3. The first kappa shape index (κ1) is 12.0. The lowest BCUT2D eigenvalue weighted by Crippen LogP contribution is -2.15. The Bertz CT molecular complexity index is 391. The average Bonchev–Trinajstić information content (AvgIpc) is 2.17. The van der Waals surface area contributed by atoms with Gasteiger partial charge in [-0.05, 0) is 40.4 Å². The minimum Gasteiger partial charge on any atom is -0.388 e. The summed E-state index contributed by atoms with van der Waals surface area (Å²) in [5, 5.41) is 9.83. The molecule has 0 aliphatic heterocycles. The van der Waals surface area contributed by atoms with Gasteiger partial charge in [0.25, 0.3) is 0 Å². The van der Waals surface area contributed by atoms with Crippen LogP contribution in [0, 0.1) is 17.6 Å². The summed E-state index contributed by atoms with van der Waals surface area (Å²) in [6, 6.07) is 2.14. The molecule has 1 fully saturated rings. The highest BCUT2D eigenvalue weighted by molar-refractivity contribution is 9.10. The highest BCUT2D eigenvalue weighted by Gasteiger charge is 2.24. The van der Waals surface area contributed by atoms with Crippen molar-refractivity contribution in [2.75, 3.05) is 0 Å². The van der Waals surface area contributed by atoms with Crippen LogP contribution in [0.1, 0.15) is 37.4 Å². The molecule has 0 amide bonds. The van der Waals surface area contributed by atoms with E-state index in [4.69, 9.17) is 0 Å². The summed E-state index contributed by atoms with van der Waals surface area (Å²) in [5.41, 5.74) is 0.0626. The van der Waals surface area contributed by atoms with E-state index in [-0.39, 0.29) is 10.0 Å². The van der Waals surface area contributed by atoms with Gasteiger partial charge in [-0.15, -0.1) is 0 Å². The van der Waals surface area contributed by atoms with E-state index in [1.807, 2.05) is 0 Å². The molecule has 0 radical (unpaired) electrons. The van der Waals surface area contributed by atoms with Gasteiger partial charge < -0.3 is 5.11 Å². The van der Waals surface area contributed by atoms with E-state index >= 15 is 0 Å². The number of aliphatic hydroxyl groups is 1. The van der Waals surface area contributed by atoms with E-state index < -0.39 is 17.7 Å². The second-order valence-electron chi connectivity index (χ2n) is 4.34. The minimum atomic E-state index is -0.895. The fraction of sp³-hybridized carbons (Fsp3) is 0.500. The predicted octanol–water partition coefficient (Wildman–Crippen LogP) is 3.95. The molecule has 1 aromatic rings. The van der Waals surface area contributed by atoms with Crippen LogP contribution in [0.15, 0.2) is 16.6 Å². The second-order valence-corrected chi connectivity index (χ2v) is 5.19. The first-order valence-corrected chi connectivity index (χ1v) is 6.19. The fourth-order valence-corrected chi connectivity index (χ4v) is 2.28. The average molecular weight is 291 g/mol. The van der Waals surface area contributed by atoms with Crippen molar-refractivity contribution >= 4 is 15.9 Å². The molecule has 88 valence electrons. The van der Waals surface area contributed by atoms with Crippen molar-refractivity contribution in [1.29, 1.82) is 0 Å². The Hall–Kier alpha value is -0.480. The first-order chi connectivity index (χ1) is 7.58. The van der Waals surface area contributed by atoms with E-state index in [1.54, 1.807) is 0 Å². The highest BCUT2D eigenvalue weighted by atomic mass is 79.9. The number of rotatable bonds is 3. The lowest BCUT2D eigenvalue weighted by molar-refractivity contribution is 0.115. The third kappa shape index (κ3) is 2.43. The fourth-order valence-electron chi connectivity index (χ4n) is 1.96. The Balaban J connectivity index is 2.14. The largest absolute Gasteiger partial charge is 0.388 e. The molecule has 1 N–H and O–H groups in total. The van der Waals surface area contributed by atoms with Crippen LogP contribution in [0.25, 0.3) is 0 Å². The van der Waals surface area contributed by atoms with Crippen LogP contribution < -0.4 is 0 Å². The van der Waals surface area contributed by atoms with Crippen molar-refractivity contribution in [3.05, 3.63) is 33.8 Å². The van der Waals surface area contributed by atoms with Crippen molar-refractivity contribution < 1.29 is 13.9 Å². The van der Waals surface area contributed by atoms with Gasteiger partial charge in [-0.3, -0.25) is 0 Å². The summed E-state index contributed by atoms with van der Waals surface area (Å²) < 4.78 is 26.8. The normalized spacial score (nSPS) is 18.2. The van der Waals surface area contributed by atoms with Crippen LogP contribution in [0.4, 0.5) is 8.78 Å². The SMILES string of the molecule is OC(CC1CCC1)c1cc(F)c(Br)cc1F. The molecule has 16 heavy (non-hydrogen) atoms. The van der Waals surface area contributed by atoms with Crippen molar-refractivity contribution in [2.24, 2.45) is 5.92 Å². The standard InChI is InChI=1S/C12H13BrF2O/c13-9-6-10(14)8(5-11(9)15)12(16)4-7-2-1-3-7/h5-7,12,16H,1-4H2. The van der Waals surface area contributed by atoms with Gasteiger partial charge in [0.1, 0.15) is 11.6 Å². The molecule has 1 aromatic carbocycles. The van der Waals surface area contributed by atoms with Crippen LogP contribution in [0.3, 0.4) is 0 Å². The van der Waals surface area contributed by atoms with Crippen LogP contribution in [-0.4, -0.2) is 5.11 Å². The summed E-state index contributed by atoms with van der Waals surface area (Å²) in [7, 11) is 0. The number of aliphatic hydroxyl groups excluding tert-OH is 1. The topological polar surface area (TPSA) is 20.2 Å². The van der Waals surface area contributed by atoms with Crippen LogP contribution in [-0.2, 0) is 0 Å². The quantitative estimate of drug-likeness (QED) is 0.836. The van der Waals surface area contributed by atoms with Gasteiger partial charge in [-0.1, -0.05) is 19.3 Å². The van der Waals surface area contributed by atoms with Gasteiger partial charge in [0.05, 0.1) is 10.6 Å². The molecular formula is C12H13BrF2O. The van der Waals surface area contributed by atoms with Crippen molar-refractivity contribution in [3.63, 3.8) is 0 Å². The maximum atomic E-state index is 13.5. The van der Waals surface area contributed by atoms with Gasteiger partial charge in [0.2, 0.25) is 0 Å². The summed E-state index contributed by atoms with van der Waals surface area (Å²) in [4.78, 5) is 0. The summed E-state index contributed by atoms with van der Waals surface area (Å²) in [6.07, 6.45) is 2.97. The minimum absolute atomic E-state index is 0.0626. The van der Waals surface area contributed by atoms with E-state index in [0.29, 0.717) is 12.3 Å². The van der Waals surface area contributed by atoms with Gasteiger partial charge in [-0.25, -0.2) is 8.78 Å². The van der Waals surface area contributed by atoms with E-state index in [1.165, 1.54) is 6.42 Å².